The van der Waals surface area contributed by atoms with E-state index in [1.165, 1.54) is 24.0 Å². The molecule has 1 aliphatic rings. The van der Waals surface area contributed by atoms with Crippen LogP contribution in [0.25, 0.3) is 0 Å². The predicted molar refractivity (Wildman–Crippen MR) is 57.1 cm³/mol. The Labute approximate surface area is 85.1 Å². The number of halogens is 1. The summed E-state index contributed by atoms with van der Waals surface area (Å²) in [5.74, 6) is 0.295. The molecule has 0 atom stereocenters. The first-order valence-corrected chi connectivity index (χ1v) is 5.50. The van der Waals surface area contributed by atoms with E-state index in [4.69, 9.17) is 0 Å². The van der Waals surface area contributed by atoms with Gasteiger partial charge < -0.3 is 0 Å². The summed E-state index contributed by atoms with van der Waals surface area (Å²) in [6, 6.07) is 3.61. The standard InChI is InChI=1S/C13H17F/c1-9(2)13-11-6-4-3-5-10(11)7-8-12(13)14/h7-9H,3-6H2,1-2H3. The third-order valence-electron chi connectivity index (χ3n) is 3.10. The van der Waals surface area contributed by atoms with E-state index in [0.717, 1.165) is 18.4 Å². The molecular weight excluding hydrogens is 175 g/mol. The topological polar surface area (TPSA) is 0 Å². The fourth-order valence-corrected chi connectivity index (χ4v) is 2.45. The van der Waals surface area contributed by atoms with Gasteiger partial charge in [0.05, 0.1) is 0 Å². The lowest BCUT2D eigenvalue weighted by molar-refractivity contribution is 0.580. The molecule has 0 N–H and O–H groups in total. The van der Waals surface area contributed by atoms with E-state index in [-0.39, 0.29) is 5.82 Å². The zero-order valence-corrected chi connectivity index (χ0v) is 8.94. The summed E-state index contributed by atoms with van der Waals surface area (Å²) in [6.07, 6.45) is 4.68. The average molecular weight is 192 g/mol. The van der Waals surface area contributed by atoms with Crippen molar-refractivity contribution in [3.8, 4) is 0 Å². The molecule has 0 aromatic heterocycles. The zero-order chi connectivity index (χ0) is 10.1. The molecule has 0 amide bonds. The summed E-state index contributed by atoms with van der Waals surface area (Å²) in [6.45, 7) is 4.15. The second-order valence-electron chi connectivity index (χ2n) is 4.46. The lowest BCUT2D eigenvalue weighted by atomic mass is 9.84. The van der Waals surface area contributed by atoms with Gasteiger partial charge in [-0.3, -0.25) is 0 Å². The fourth-order valence-electron chi connectivity index (χ4n) is 2.45. The van der Waals surface area contributed by atoms with Crippen LogP contribution in [-0.4, -0.2) is 0 Å². The number of benzene rings is 1. The molecule has 1 aliphatic carbocycles. The lowest BCUT2D eigenvalue weighted by Crippen LogP contribution is -2.09. The second-order valence-corrected chi connectivity index (χ2v) is 4.46. The molecule has 1 aromatic carbocycles. The Morgan fingerprint density at radius 2 is 1.86 bits per heavy atom. The zero-order valence-electron chi connectivity index (χ0n) is 8.94. The summed E-state index contributed by atoms with van der Waals surface area (Å²) >= 11 is 0. The molecule has 0 unspecified atom stereocenters. The molecule has 2 rings (SSSR count). The molecule has 0 heterocycles. The van der Waals surface area contributed by atoms with Crippen LogP contribution in [0.5, 0.6) is 0 Å². The number of hydrogen-bond acceptors (Lipinski definition) is 0. The van der Waals surface area contributed by atoms with E-state index >= 15 is 0 Å². The summed E-state index contributed by atoms with van der Waals surface area (Å²) in [7, 11) is 0. The molecule has 0 radical (unpaired) electrons. The van der Waals surface area contributed by atoms with Gasteiger partial charge in [-0.05, 0) is 54.4 Å². The van der Waals surface area contributed by atoms with Crippen molar-refractivity contribution >= 4 is 0 Å². The number of aryl methyl sites for hydroxylation is 1. The highest BCUT2D eigenvalue weighted by molar-refractivity contribution is 5.39. The first-order chi connectivity index (χ1) is 6.70. The van der Waals surface area contributed by atoms with E-state index in [9.17, 15) is 4.39 Å². The summed E-state index contributed by atoms with van der Waals surface area (Å²) in [5.41, 5.74) is 3.63. The molecular formula is C13H17F. The molecule has 1 heteroatoms. The number of hydrogen-bond donors (Lipinski definition) is 0. The molecule has 0 saturated carbocycles. The van der Waals surface area contributed by atoms with Crippen molar-refractivity contribution in [3.05, 3.63) is 34.6 Å². The average Bonchev–Trinajstić information content (AvgIpc) is 2.17. The molecule has 0 aliphatic heterocycles. The fraction of sp³-hybridized carbons (Fsp3) is 0.538. The van der Waals surface area contributed by atoms with E-state index in [2.05, 4.69) is 13.8 Å². The molecule has 0 spiro atoms. The van der Waals surface area contributed by atoms with Gasteiger partial charge >= 0.3 is 0 Å². The Morgan fingerprint density at radius 1 is 1.14 bits per heavy atom. The maximum absolute atomic E-state index is 13.6. The molecule has 0 nitrogen and oxygen atoms in total. The van der Waals surface area contributed by atoms with Crippen molar-refractivity contribution in [1.82, 2.24) is 0 Å². The van der Waals surface area contributed by atoms with Gasteiger partial charge in [-0.1, -0.05) is 19.9 Å². The Hall–Kier alpha value is -0.850. The highest BCUT2D eigenvalue weighted by Crippen LogP contribution is 2.30. The molecule has 1 aromatic rings. The van der Waals surface area contributed by atoms with E-state index in [1.54, 1.807) is 6.07 Å². The van der Waals surface area contributed by atoms with Crippen LogP contribution < -0.4 is 0 Å². The van der Waals surface area contributed by atoms with Crippen LogP contribution in [0, 0.1) is 5.82 Å². The minimum atomic E-state index is -0.0133. The largest absolute Gasteiger partial charge is 0.207 e. The Bertz CT molecular complexity index is 339. The smallest absolute Gasteiger partial charge is 0.126 e. The molecule has 0 bridgehead atoms. The minimum absolute atomic E-state index is 0.0133. The number of rotatable bonds is 1. The second kappa shape index (κ2) is 3.72. The molecule has 0 saturated heterocycles. The van der Waals surface area contributed by atoms with Crippen LogP contribution in [-0.2, 0) is 12.8 Å². The minimum Gasteiger partial charge on any atom is -0.207 e. The predicted octanol–water partition coefficient (Wildman–Crippen LogP) is 3.83. The maximum atomic E-state index is 13.6. The van der Waals surface area contributed by atoms with Crippen molar-refractivity contribution in [3.63, 3.8) is 0 Å². The Morgan fingerprint density at radius 3 is 2.57 bits per heavy atom. The van der Waals surface area contributed by atoms with Gasteiger partial charge in [0.2, 0.25) is 0 Å². The van der Waals surface area contributed by atoms with Gasteiger partial charge in [0.25, 0.3) is 0 Å². The highest BCUT2D eigenvalue weighted by atomic mass is 19.1. The first-order valence-electron chi connectivity index (χ1n) is 5.50. The quantitative estimate of drug-likeness (QED) is 0.634. The van der Waals surface area contributed by atoms with Crippen molar-refractivity contribution in [2.75, 3.05) is 0 Å². The van der Waals surface area contributed by atoms with E-state index in [0.29, 0.717) is 5.92 Å². The van der Waals surface area contributed by atoms with Crippen molar-refractivity contribution in [2.45, 2.75) is 45.4 Å². The number of fused-ring (bicyclic) bond motifs is 1. The van der Waals surface area contributed by atoms with Gasteiger partial charge in [-0.25, -0.2) is 4.39 Å². The highest BCUT2D eigenvalue weighted by Gasteiger charge is 2.18. The van der Waals surface area contributed by atoms with Gasteiger partial charge in [-0.2, -0.15) is 0 Å². The van der Waals surface area contributed by atoms with Crippen LogP contribution in [0.1, 0.15) is 49.3 Å². The molecule has 0 fully saturated rings. The van der Waals surface area contributed by atoms with E-state index in [1.807, 2.05) is 6.07 Å². The van der Waals surface area contributed by atoms with Gasteiger partial charge in [-0.15, -0.1) is 0 Å². The summed E-state index contributed by atoms with van der Waals surface area (Å²) in [4.78, 5) is 0. The summed E-state index contributed by atoms with van der Waals surface area (Å²) < 4.78 is 13.6. The first kappa shape index (κ1) is 9.70. The van der Waals surface area contributed by atoms with Crippen LogP contribution >= 0.6 is 0 Å². The van der Waals surface area contributed by atoms with E-state index < -0.39 is 0 Å². The molecule has 14 heavy (non-hydrogen) atoms. The van der Waals surface area contributed by atoms with Crippen molar-refractivity contribution in [2.24, 2.45) is 0 Å². The third-order valence-corrected chi connectivity index (χ3v) is 3.10. The Balaban J connectivity index is 2.55. The van der Waals surface area contributed by atoms with Crippen molar-refractivity contribution < 1.29 is 4.39 Å². The third kappa shape index (κ3) is 1.56. The maximum Gasteiger partial charge on any atom is 0.126 e. The van der Waals surface area contributed by atoms with Gasteiger partial charge in [0.15, 0.2) is 0 Å². The van der Waals surface area contributed by atoms with Crippen LogP contribution in [0.3, 0.4) is 0 Å². The monoisotopic (exact) mass is 192 g/mol. The Kier molecular flexibility index (Phi) is 2.58. The summed E-state index contributed by atoms with van der Waals surface area (Å²) in [5, 5.41) is 0. The van der Waals surface area contributed by atoms with Gasteiger partial charge in [0, 0.05) is 0 Å². The van der Waals surface area contributed by atoms with Crippen LogP contribution in [0.2, 0.25) is 0 Å². The molecule has 76 valence electrons. The van der Waals surface area contributed by atoms with Gasteiger partial charge in [0.1, 0.15) is 5.82 Å². The van der Waals surface area contributed by atoms with Crippen molar-refractivity contribution in [1.29, 1.82) is 0 Å². The normalized spacial score (nSPS) is 15.7. The van der Waals surface area contributed by atoms with Crippen LogP contribution in [0.15, 0.2) is 12.1 Å². The SMILES string of the molecule is CC(C)c1c(F)ccc2c1CCCC2. The van der Waals surface area contributed by atoms with Crippen LogP contribution in [0.4, 0.5) is 4.39 Å². The lowest BCUT2D eigenvalue weighted by Gasteiger charge is -2.21.